The summed E-state index contributed by atoms with van der Waals surface area (Å²) in [4.78, 5) is 10.9. The Morgan fingerprint density at radius 3 is 1.86 bits per heavy atom. The molecule has 0 N–H and O–H groups in total. The van der Waals surface area contributed by atoms with E-state index in [9.17, 15) is 4.79 Å². The SMILES string of the molecule is COc1ccc(Oc2ccc(OC(C)=O)c(Br)c2)cc1Br.[W]. The summed E-state index contributed by atoms with van der Waals surface area (Å²) in [6, 6.07) is 10.5. The fraction of sp³-hybridized carbons (Fsp3) is 0.133. The van der Waals surface area contributed by atoms with E-state index in [-0.39, 0.29) is 27.0 Å². The molecule has 2 rings (SSSR count). The van der Waals surface area contributed by atoms with Crippen molar-refractivity contribution in [3.8, 4) is 23.0 Å². The molecular formula is C15H12Br2O4W. The summed E-state index contributed by atoms with van der Waals surface area (Å²) in [6.07, 6.45) is 0. The van der Waals surface area contributed by atoms with Crippen LogP contribution in [0, 0.1) is 0 Å². The molecule has 0 saturated carbocycles. The quantitative estimate of drug-likeness (QED) is 0.369. The number of benzene rings is 2. The van der Waals surface area contributed by atoms with Gasteiger partial charge in [0.25, 0.3) is 0 Å². The zero-order valence-corrected chi connectivity index (χ0v) is 17.9. The van der Waals surface area contributed by atoms with Crippen molar-refractivity contribution >= 4 is 37.8 Å². The van der Waals surface area contributed by atoms with E-state index in [2.05, 4.69) is 31.9 Å². The summed E-state index contributed by atoms with van der Waals surface area (Å²) >= 11 is 6.74. The molecule has 7 heteroatoms. The van der Waals surface area contributed by atoms with Gasteiger partial charge < -0.3 is 14.2 Å². The van der Waals surface area contributed by atoms with Gasteiger partial charge in [-0.05, 0) is 68.3 Å². The van der Waals surface area contributed by atoms with E-state index in [1.807, 2.05) is 12.1 Å². The fourth-order valence-corrected chi connectivity index (χ4v) is 2.59. The van der Waals surface area contributed by atoms with Crippen LogP contribution in [0.3, 0.4) is 0 Å². The predicted molar refractivity (Wildman–Crippen MR) is 86.2 cm³/mol. The van der Waals surface area contributed by atoms with Crippen LogP contribution >= 0.6 is 31.9 Å². The third-order valence-corrected chi connectivity index (χ3v) is 3.76. The van der Waals surface area contributed by atoms with Gasteiger partial charge in [0.2, 0.25) is 0 Å². The number of carbonyl (C=O) groups excluding carboxylic acids is 1. The van der Waals surface area contributed by atoms with Gasteiger partial charge >= 0.3 is 5.97 Å². The Kier molecular flexibility index (Phi) is 7.60. The number of ether oxygens (including phenoxy) is 3. The summed E-state index contributed by atoms with van der Waals surface area (Å²) < 4.78 is 17.4. The summed E-state index contributed by atoms with van der Waals surface area (Å²) in [6.45, 7) is 1.35. The van der Waals surface area contributed by atoms with Crippen LogP contribution in [0.15, 0.2) is 45.3 Å². The molecule has 0 aliphatic carbocycles. The average Bonchev–Trinajstić information content (AvgIpc) is 2.42. The zero-order valence-electron chi connectivity index (χ0n) is 11.8. The summed E-state index contributed by atoms with van der Waals surface area (Å²) in [7, 11) is 1.60. The van der Waals surface area contributed by atoms with Crippen molar-refractivity contribution in [1.82, 2.24) is 0 Å². The molecule has 0 saturated heterocycles. The average molecular weight is 600 g/mol. The second-order valence-electron chi connectivity index (χ2n) is 4.08. The smallest absolute Gasteiger partial charge is 0.308 e. The number of esters is 1. The largest absolute Gasteiger partial charge is 0.496 e. The molecule has 0 aliphatic rings. The summed E-state index contributed by atoms with van der Waals surface area (Å²) in [5.74, 6) is 2.09. The van der Waals surface area contributed by atoms with Crippen LogP contribution in [0.4, 0.5) is 0 Å². The fourth-order valence-electron chi connectivity index (χ4n) is 1.63. The van der Waals surface area contributed by atoms with Crippen LogP contribution in [0.25, 0.3) is 0 Å². The second-order valence-corrected chi connectivity index (χ2v) is 5.79. The zero-order chi connectivity index (χ0) is 15.4. The molecule has 4 nitrogen and oxygen atoms in total. The van der Waals surface area contributed by atoms with Gasteiger partial charge in [-0.15, -0.1) is 0 Å². The maximum Gasteiger partial charge on any atom is 0.308 e. The number of halogens is 2. The molecule has 0 spiro atoms. The first-order valence-corrected chi connectivity index (χ1v) is 7.57. The Labute approximate surface area is 159 Å². The van der Waals surface area contributed by atoms with Gasteiger partial charge in [0, 0.05) is 28.0 Å². The first kappa shape index (κ1) is 19.2. The standard InChI is InChI=1S/C15H12Br2O4.W/c1-9(18)20-15-6-4-11(8-13(15)17)21-10-3-5-14(19-2)12(16)7-10;/h3-8H,1-2H3;. The van der Waals surface area contributed by atoms with Crippen molar-refractivity contribution < 1.29 is 40.1 Å². The Hall–Kier alpha value is -0.842. The molecule has 0 unspecified atom stereocenters. The molecular weight excluding hydrogens is 588 g/mol. The van der Waals surface area contributed by atoms with Crippen LogP contribution in [0.1, 0.15) is 6.92 Å². The Balaban J connectivity index is 0.00000242. The second kappa shape index (κ2) is 8.70. The maximum absolute atomic E-state index is 10.9. The van der Waals surface area contributed by atoms with Crippen molar-refractivity contribution in [3.05, 3.63) is 45.3 Å². The summed E-state index contributed by atoms with van der Waals surface area (Å²) in [5.41, 5.74) is 0. The normalized spacial score (nSPS) is 9.64. The first-order chi connectivity index (χ1) is 9.99. The molecule has 116 valence electrons. The third-order valence-electron chi connectivity index (χ3n) is 2.52. The molecule has 2 aromatic rings. The Morgan fingerprint density at radius 1 is 0.955 bits per heavy atom. The van der Waals surface area contributed by atoms with E-state index in [0.29, 0.717) is 21.7 Å². The number of rotatable bonds is 4. The predicted octanol–water partition coefficient (Wildman–Crippen LogP) is 4.94. The van der Waals surface area contributed by atoms with Gasteiger partial charge in [-0.1, -0.05) is 0 Å². The number of carbonyl (C=O) groups is 1. The van der Waals surface area contributed by atoms with Gasteiger partial charge in [-0.3, -0.25) is 4.79 Å². The first-order valence-electron chi connectivity index (χ1n) is 5.99. The van der Waals surface area contributed by atoms with Crippen LogP contribution < -0.4 is 14.2 Å². The molecule has 0 aromatic heterocycles. The third kappa shape index (κ3) is 5.11. The number of methoxy groups -OCH3 is 1. The summed E-state index contributed by atoms with van der Waals surface area (Å²) in [5, 5.41) is 0. The van der Waals surface area contributed by atoms with Crippen molar-refractivity contribution in [2.24, 2.45) is 0 Å². The van der Waals surface area contributed by atoms with E-state index in [1.165, 1.54) is 6.92 Å². The van der Waals surface area contributed by atoms with Gasteiger partial charge in [-0.25, -0.2) is 0 Å². The van der Waals surface area contributed by atoms with Gasteiger partial charge in [0.15, 0.2) is 0 Å². The van der Waals surface area contributed by atoms with Crippen molar-refractivity contribution in [2.45, 2.75) is 6.92 Å². The van der Waals surface area contributed by atoms with E-state index < -0.39 is 0 Å². The van der Waals surface area contributed by atoms with Gasteiger partial charge in [-0.2, -0.15) is 0 Å². The van der Waals surface area contributed by atoms with E-state index >= 15 is 0 Å². The van der Waals surface area contributed by atoms with Gasteiger partial charge in [0.1, 0.15) is 23.0 Å². The maximum atomic E-state index is 10.9. The topological polar surface area (TPSA) is 44.8 Å². The van der Waals surface area contributed by atoms with Crippen LogP contribution in [-0.4, -0.2) is 13.1 Å². The van der Waals surface area contributed by atoms with Gasteiger partial charge in [0.05, 0.1) is 16.1 Å². The minimum atomic E-state index is -0.372. The van der Waals surface area contributed by atoms with E-state index in [0.717, 1.165) is 10.2 Å². The van der Waals surface area contributed by atoms with Crippen LogP contribution in [-0.2, 0) is 25.9 Å². The van der Waals surface area contributed by atoms with E-state index in [1.54, 1.807) is 31.4 Å². The minimum absolute atomic E-state index is 0. The molecule has 0 aliphatic heterocycles. The molecule has 0 amide bonds. The van der Waals surface area contributed by atoms with Crippen LogP contribution in [0.5, 0.6) is 23.0 Å². The molecule has 0 bridgehead atoms. The van der Waals surface area contributed by atoms with E-state index in [4.69, 9.17) is 14.2 Å². The van der Waals surface area contributed by atoms with Crippen LogP contribution in [0.2, 0.25) is 0 Å². The van der Waals surface area contributed by atoms with Crippen molar-refractivity contribution in [1.29, 1.82) is 0 Å². The molecule has 2 aromatic carbocycles. The number of hydrogen-bond donors (Lipinski definition) is 0. The van der Waals surface area contributed by atoms with Crippen molar-refractivity contribution in [2.75, 3.05) is 7.11 Å². The Morgan fingerprint density at radius 2 is 1.45 bits per heavy atom. The molecule has 0 atom stereocenters. The molecule has 0 fully saturated rings. The Bertz CT molecular complexity index is 677. The monoisotopic (exact) mass is 598 g/mol. The molecule has 0 heterocycles. The number of hydrogen-bond acceptors (Lipinski definition) is 4. The van der Waals surface area contributed by atoms with Crippen molar-refractivity contribution in [3.63, 3.8) is 0 Å². The minimum Gasteiger partial charge on any atom is -0.496 e. The molecule has 22 heavy (non-hydrogen) atoms. The molecule has 0 radical (unpaired) electrons.